The van der Waals surface area contributed by atoms with Crippen LogP contribution >= 0.6 is 15.9 Å². The Hall–Kier alpha value is -2.27. The lowest BCUT2D eigenvalue weighted by atomic mass is 10.1. The van der Waals surface area contributed by atoms with Crippen LogP contribution in [0.1, 0.15) is 15.9 Å². The van der Waals surface area contributed by atoms with Crippen LogP contribution in [0.15, 0.2) is 46.9 Å². The van der Waals surface area contributed by atoms with E-state index in [1.165, 1.54) is 19.3 Å². The molecular weight excluding hydrogens is 348 g/mol. The van der Waals surface area contributed by atoms with Crippen LogP contribution in [0, 0.1) is 0 Å². The Labute approximate surface area is 137 Å². The number of carbonyl (C=O) groups is 1. The van der Waals surface area contributed by atoms with Gasteiger partial charge < -0.3 is 14.6 Å². The number of carbonyl (C=O) groups excluding carboxylic acids is 1. The van der Waals surface area contributed by atoms with Gasteiger partial charge in [-0.3, -0.25) is 4.79 Å². The van der Waals surface area contributed by atoms with Crippen molar-refractivity contribution in [3.05, 3.63) is 58.1 Å². The molecule has 22 heavy (non-hydrogen) atoms. The zero-order valence-electron chi connectivity index (χ0n) is 12.2. The molecule has 0 bridgehead atoms. The second-order valence-electron chi connectivity index (χ2n) is 4.48. The normalized spacial score (nSPS) is 10.7. The number of methoxy groups -OCH3 is 2. The molecule has 5 heteroatoms. The zero-order valence-corrected chi connectivity index (χ0v) is 13.8. The highest BCUT2D eigenvalue weighted by atomic mass is 79.9. The first-order valence-corrected chi connectivity index (χ1v) is 7.27. The van der Waals surface area contributed by atoms with Crippen LogP contribution in [0.25, 0.3) is 6.08 Å². The minimum Gasteiger partial charge on any atom is -0.504 e. The number of allylic oxidation sites excluding steroid dienone is 1. The number of hydrogen-bond acceptors (Lipinski definition) is 4. The maximum atomic E-state index is 12.1. The van der Waals surface area contributed by atoms with Gasteiger partial charge in [-0.25, -0.2) is 0 Å². The van der Waals surface area contributed by atoms with Gasteiger partial charge in [0, 0.05) is 5.56 Å². The number of phenolic OH excluding ortho intramolecular Hbond substituents is 1. The molecule has 0 unspecified atom stereocenters. The van der Waals surface area contributed by atoms with E-state index in [4.69, 9.17) is 9.47 Å². The van der Waals surface area contributed by atoms with Crippen LogP contribution < -0.4 is 9.47 Å². The molecule has 2 aromatic rings. The summed E-state index contributed by atoms with van der Waals surface area (Å²) >= 11 is 3.35. The summed E-state index contributed by atoms with van der Waals surface area (Å²) in [6, 6.07) is 10.1. The number of hydrogen-bond donors (Lipinski definition) is 1. The van der Waals surface area contributed by atoms with Crippen LogP contribution in [-0.4, -0.2) is 25.1 Å². The van der Waals surface area contributed by atoms with Gasteiger partial charge in [-0.1, -0.05) is 12.1 Å². The number of rotatable bonds is 5. The number of benzene rings is 2. The summed E-state index contributed by atoms with van der Waals surface area (Å²) in [4.78, 5) is 12.1. The molecule has 0 aliphatic rings. The molecule has 0 heterocycles. The molecule has 0 aliphatic carbocycles. The van der Waals surface area contributed by atoms with Gasteiger partial charge in [-0.15, -0.1) is 0 Å². The maximum absolute atomic E-state index is 12.1. The lowest BCUT2D eigenvalue weighted by Crippen LogP contribution is -1.95. The highest BCUT2D eigenvalue weighted by molar-refractivity contribution is 9.10. The summed E-state index contributed by atoms with van der Waals surface area (Å²) in [5.41, 5.74) is 1.25. The summed E-state index contributed by atoms with van der Waals surface area (Å²) in [5, 5.41) is 9.70. The fraction of sp³-hybridized carbons (Fsp3) is 0.118. The van der Waals surface area contributed by atoms with Crippen molar-refractivity contribution in [2.75, 3.05) is 14.2 Å². The molecule has 2 rings (SSSR count). The first-order valence-electron chi connectivity index (χ1n) is 6.48. The second kappa shape index (κ2) is 7.13. The zero-order chi connectivity index (χ0) is 16.1. The van der Waals surface area contributed by atoms with Crippen LogP contribution in [0.5, 0.6) is 17.2 Å². The Morgan fingerprint density at radius 2 is 1.77 bits per heavy atom. The molecule has 0 amide bonds. The smallest absolute Gasteiger partial charge is 0.185 e. The average Bonchev–Trinajstić information content (AvgIpc) is 2.52. The second-order valence-corrected chi connectivity index (χ2v) is 5.33. The third-order valence-corrected chi connectivity index (χ3v) is 3.69. The minimum absolute atomic E-state index is 0.0318. The SMILES string of the molecule is COc1ccc(/C=C/C(=O)c2ccc(OC)c(Br)c2)cc1O. The summed E-state index contributed by atoms with van der Waals surface area (Å²) in [7, 11) is 3.05. The van der Waals surface area contributed by atoms with Gasteiger partial charge in [0.05, 0.1) is 18.7 Å². The van der Waals surface area contributed by atoms with E-state index in [9.17, 15) is 9.90 Å². The Balaban J connectivity index is 2.17. The number of aromatic hydroxyl groups is 1. The van der Waals surface area contributed by atoms with Gasteiger partial charge in [0.1, 0.15) is 5.75 Å². The topological polar surface area (TPSA) is 55.8 Å². The van der Waals surface area contributed by atoms with Crippen molar-refractivity contribution < 1.29 is 19.4 Å². The summed E-state index contributed by atoms with van der Waals surface area (Å²) < 4.78 is 10.8. The Bertz CT molecular complexity index is 723. The van der Waals surface area contributed by atoms with Gasteiger partial charge in [-0.05, 0) is 57.9 Å². The van der Waals surface area contributed by atoms with Gasteiger partial charge in [-0.2, -0.15) is 0 Å². The highest BCUT2D eigenvalue weighted by Gasteiger charge is 2.06. The fourth-order valence-electron chi connectivity index (χ4n) is 1.90. The van der Waals surface area contributed by atoms with E-state index in [1.54, 1.807) is 43.5 Å². The predicted molar refractivity (Wildman–Crippen MR) is 88.7 cm³/mol. The van der Waals surface area contributed by atoms with Crippen molar-refractivity contribution in [1.29, 1.82) is 0 Å². The van der Waals surface area contributed by atoms with E-state index in [0.29, 0.717) is 22.6 Å². The number of halogens is 1. The summed E-state index contributed by atoms with van der Waals surface area (Å²) in [6.45, 7) is 0. The largest absolute Gasteiger partial charge is 0.504 e. The van der Waals surface area contributed by atoms with Crippen molar-refractivity contribution in [3.63, 3.8) is 0 Å². The lowest BCUT2D eigenvalue weighted by Gasteiger charge is -2.04. The van der Waals surface area contributed by atoms with E-state index in [2.05, 4.69) is 15.9 Å². The molecule has 114 valence electrons. The Kier molecular flexibility index (Phi) is 5.22. The predicted octanol–water partition coefficient (Wildman–Crippen LogP) is 4.07. The van der Waals surface area contributed by atoms with Crippen LogP contribution in [0.2, 0.25) is 0 Å². The fourth-order valence-corrected chi connectivity index (χ4v) is 2.44. The molecule has 0 atom stereocenters. The monoisotopic (exact) mass is 362 g/mol. The first kappa shape index (κ1) is 16.1. The molecule has 0 aromatic heterocycles. The number of ether oxygens (including phenoxy) is 2. The Morgan fingerprint density at radius 3 is 2.36 bits per heavy atom. The average molecular weight is 363 g/mol. The third kappa shape index (κ3) is 3.68. The van der Waals surface area contributed by atoms with Crippen molar-refractivity contribution in [3.8, 4) is 17.2 Å². The molecule has 0 spiro atoms. The summed E-state index contributed by atoms with van der Waals surface area (Å²) in [6.07, 6.45) is 3.09. The van der Waals surface area contributed by atoms with Gasteiger partial charge >= 0.3 is 0 Å². The standard InChI is InChI=1S/C17H15BrO4/c1-21-16-8-5-12(10-13(16)18)14(19)6-3-11-4-7-17(22-2)15(20)9-11/h3-10,20H,1-2H3/b6-3+. The molecule has 4 nitrogen and oxygen atoms in total. The molecular formula is C17H15BrO4. The van der Waals surface area contributed by atoms with Gasteiger partial charge in [0.15, 0.2) is 17.3 Å². The lowest BCUT2D eigenvalue weighted by molar-refractivity contribution is 0.104. The quantitative estimate of drug-likeness (QED) is 0.643. The van der Waals surface area contributed by atoms with Crippen molar-refractivity contribution in [1.82, 2.24) is 0 Å². The van der Waals surface area contributed by atoms with Crippen LogP contribution in [-0.2, 0) is 0 Å². The van der Waals surface area contributed by atoms with E-state index in [0.717, 1.165) is 4.47 Å². The van der Waals surface area contributed by atoms with Gasteiger partial charge in [0.25, 0.3) is 0 Å². The maximum Gasteiger partial charge on any atom is 0.185 e. The van der Waals surface area contributed by atoms with Crippen LogP contribution in [0.3, 0.4) is 0 Å². The van der Waals surface area contributed by atoms with E-state index >= 15 is 0 Å². The van der Waals surface area contributed by atoms with E-state index < -0.39 is 0 Å². The molecule has 1 N–H and O–H groups in total. The number of ketones is 1. The molecule has 0 saturated carbocycles. The molecule has 0 saturated heterocycles. The highest BCUT2D eigenvalue weighted by Crippen LogP contribution is 2.27. The van der Waals surface area contributed by atoms with E-state index in [1.807, 2.05) is 0 Å². The van der Waals surface area contributed by atoms with Crippen molar-refractivity contribution in [2.45, 2.75) is 0 Å². The third-order valence-electron chi connectivity index (χ3n) is 3.07. The first-order chi connectivity index (χ1) is 10.5. The van der Waals surface area contributed by atoms with Crippen LogP contribution in [0.4, 0.5) is 0 Å². The number of phenols is 1. The molecule has 0 aliphatic heterocycles. The van der Waals surface area contributed by atoms with Crippen molar-refractivity contribution in [2.24, 2.45) is 0 Å². The summed E-state index contributed by atoms with van der Waals surface area (Å²) in [5.74, 6) is 0.950. The Morgan fingerprint density at radius 1 is 1.09 bits per heavy atom. The molecule has 0 fully saturated rings. The van der Waals surface area contributed by atoms with Crippen molar-refractivity contribution >= 4 is 27.8 Å². The van der Waals surface area contributed by atoms with Gasteiger partial charge in [0.2, 0.25) is 0 Å². The minimum atomic E-state index is -0.140. The van der Waals surface area contributed by atoms with E-state index in [-0.39, 0.29) is 11.5 Å². The molecule has 0 radical (unpaired) electrons. The molecule has 2 aromatic carbocycles.